The van der Waals surface area contributed by atoms with Crippen LogP contribution in [0.15, 0.2) is 24.4 Å². The number of piperidine rings is 1. The van der Waals surface area contributed by atoms with E-state index in [9.17, 15) is 14.4 Å². The quantitative estimate of drug-likeness (QED) is 0.298. The van der Waals surface area contributed by atoms with Crippen LogP contribution in [0.25, 0.3) is 11.0 Å². The summed E-state index contributed by atoms with van der Waals surface area (Å²) in [5.41, 5.74) is 13.6. The molecule has 0 spiro atoms. The summed E-state index contributed by atoms with van der Waals surface area (Å²) in [6.07, 6.45) is 2.66. The van der Waals surface area contributed by atoms with Crippen LogP contribution in [0, 0.1) is 0 Å². The number of nitrogen functional groups attached to an aromatic ring is 1. The van der Waals surface area contributed by atoms with Gasteiger partial charge in [0, 0.05) is 30.8 Å². The molecule has 0 radical (unpaired) electrons. The van der Waals surface area contributed by atoms with Crippen LogP contribution in [0.2, 0.25) is 5.15 Å². The lowest BCUT2D eigenvalue weighted by Crippen LogP contribution is -2.47. The van der Waals surface area contributed by atoms with E-state index in [1.54, 1.807) is 0 Å². The zero-order valence-electron chi connectivity index (χ0n) is 23.5. The van der Waals surface area contributed by atoms with E-state index in [1.165, 1.54) is 6.20 Å². The zero-order valence-corrected chi connectivity index (χ0v) is 24.3. The van der Waals surface area contributed by atoms with Crippen molar-refractivity contribution in [1.82, 2.24) is 30.1 Å². The predicted molar refractivity (Wildman–Crippen MR) is 154 cm³/mol. The van der Waals surface area contributed by atoms with Crippen molar-refractivity contribution in [3.8, 4) is 0 Å². The van der Waals surface area contributed by atoms with E-state index in [0.29, 0.717) is 44.6 Å². The molecular formula is C27H39ClN9O3+. The van der Waals surface area contributed by atoms with Gasteiger partial charge in [-0.25, -0.2) is 19.1 Å². The van der Waals surface area contributed by atoms with Crippen molar-refractivity contribution < 1.29 is 19.0 Å². The van der Waals surface area contributed by atoms with E-state index in [2.05, 4.69) is 29.7 Å². The average Bonchev–Trinajstić information content (AvgIpc) is 3.29. The highest BCUT2D eigenvalue weighted by Gasteiger charge is 2.28. The summed E-state index contributed by atoms with van der Waals surface area (Å²) < 4.78 is 4.18. The molecule has 12 nitrogen and oxygen atoms in total. The van der Waals surface area contributed by atoms with Gasteiger partial charge in [0.2, 0.25) is 5.91 Å². The van der Waals surface area contributed by atoms with Gasteiger partial charge < -0.3 is 27.0 Å². The molecule has 2 aromatic heterocycles. The van der Waals surface area contributed by atoms with E-state index >= 15 is 0 Å². The van der Waals surface area contributed by atoms with E-state index in [4.69, 9.17) is 23.1 Å². The lowest BCUT2D eigenvalue weighted by Gasteiger charge is -2.32. The maximum absolute atomic E-state index is 13.3. The van der Waals surface area contributed by atoms with Crippen LogP contribution in [0.3, 0.4) is 0 Å². The van der Waals surface area contributed by atoms with Crippen molar-refractivity contribution in [1.29, 1.82) is 0 Å². The van der Waals surface area contributed by atoms with Gasteiger partial charge in [-0.2, -0.15) is 0 Å². The standard InChI is InChI=1S/C25H32ClN9O3.C2H6/c1-3-34-17-6-5-15(25(38)33-9-7-16(8-10-33)31-20(36)12-27)11-18(17)35(4-2)21(34)14-30-24(37)22-23(28)29-13-19(26)32-22;1-2/h5-6,11,13,16H,3-4,7-10,12,14,27H2,1-2H3,(H3-,28,29,30,31,36,37);1-2H3/p+1. The Bertz CT molecular complexity index is 1370. The average molecular weight is 573 g/mol. The number of amides is 3. The number of carbonyl (C=O) groups is 3. The van der Waals surface area contributed by atoms with Gasteiger partial charge in [-0.15, -0.1) is 0 Å². The van der Waals surface area contributed by atoms with E-state index in [-0.39, 0.29) is 47.6 Å². The fraction of sp³-hybridized carbons (Fsp3) is 0.481. The molecular weight excluding hydrogens is 534 g/mol. The number of anilines is 1. The summed E-state index contributed by atoms with van der Waals surface area (Å²) in [5, 5.41) is 5.85. The summed E-state index contributed by atoms with van der Waals surface area (Å²) in [5.74, 6) is 0.163. The SMILES string of the molecule is CC.CCn1c(CNC(=O)c2nc(Cl)cnc2N)[n+](CC)c2ccc(C(=O)N3CCC(NC(=O)CN)CC3)cc21. The van der Waals surface area contributed by atoms with Gasteiger partial charge in [0.25, 0.3) is 17.6 Å². The number of carbonyl (C=O) groups excluding carboxylic acids is 3. The monoisotopic (exact) mass is 572 g/mol. The number of nitrogens with two attached hydrogens (primary N) is 2. The highest BCUT2D eigenvalue weighted by Crippen LogP contribution is 2.21. The van der Waals surface area contributed by atoms with Crippen molar-refractivity contribution in [3.63, 3.8) is 0 Å². The molecule has 216 valence electrons. The molecule has 1 aliphatic rings. The number of rotatable bonds is 8. The Morgan fingerprint density at radius 1 is 1.18 bits per heavy atom. The third-order valence-corrected chi connectivity index (χ3v) is 6.97. The third-order valence-electron chi connectivity index (χ3n) is 6.79. The summed E-state index contributed by atoms with van der Waals surface area (Å²) in [4.78, 5) is 47.4. The lowest BCUT2D eigenvalue weighted by molar-refractivity contribution is -0.676. The molecule has 0 bridgehead atoms. The Morgan fingerprint density at radius 3 is 2.50 bits per heavy atom. The van der Waals surface area contributed by atoms with Crippen LogP contribution in [-0.4, -0.2) is 62.8 Å². The Balaban J connectivity index is 0.00000216. The van der Waals surface area contributed by atoms with Gasteiger partial charge in [-0.05, 0) is 38.8 Å². The molecule has 0 atom stereocenters. The van der Waals surface area contributed by atoms with Crippen LogP contribution in [-0.2, 0) is 24.4 Å². The van der Waals surface area contributed by atoms with Crippen LogP contribution in [0.1, 0.15) is 67.2 Å². The lowest BCUT2D eigenvalue weighted by atomic mass is 10.0. The number of hydrogen-bond donors (Lipinski definition) is 4. The number of hydrogen-bond acceptors (Lipinski definition) is 7. The van der Waals surface area contributed by atoms with Gasteiger partial charge in [0.15, 0.2) is 22.5 Å². The normalized spacial score (nSPS) is 13.5. The highest BCUT2D eigenvalue weighted by atomic mass is 35.5. The number of nitrogens with zero attached hydrogens (tertiary/aromatic N) is 5. The molecule has 0 saturated carbocycles. The number of imidazole rings is 1. The second-order valence-electron chi connectivity index (χ2n) is 9.06. The summed E-state index contributed by atoms with van der Waals surface area (Å²) in [6, 6.07) is 5.72. The smallest absolute Gasteiger partial charge is 0.277 e. The van der Waals surface area contributed by atoms with E-state index < -0.39 is 5.91 Å². The van der Waals surface area contributed by atoms with Crippen molar-refractivity contribution in [2.24, 2.45) is 5.73 Å². The Hall–Kier alpha value is -3.77. The molecule has 3 heterocycles. The third kappa shape index (κ3) is 6.68. The second kappa shape index (κ2) is 14.0. The summed E-state index contributed by atoms with van der Waals surface area (Å²) in [6.45, 7) is 10.6. The van der Waals surface area contributed by atoms with Crippen molar-refractivity contribution in [3.05, 3.63) is 46.6 Å². The number of aryl methyl sites for hydroxylation is 2. The number of aromatic nitrogens is 4. The molecule has 40 heavy (non-hydrogen) atoms. The first kappa shape index (κ1) is 30.8. The maximum Gasteiger partial charge on any atom is 0.277 e. The van der Waals surface area contributed by atoms with Gasteiger partial charge in [-0.1, -0.05) is 25.4 Å². The molecule has 1 aliphatic heterocycles. The van der Waals surface area contributed by atoms with Gasteiger partial charge in [-0.3, -0.25) is 14.4 Å². The van der Waals surface area contributed by atoms with Gasteiger partial charge in [0.05, 0.1) is 25.8 Å². The molecule has 1 aromatic carbocycles. The molecule has 3 aromatic rings. The zero-order chi connectivity index (χ0) is 29.4. The first-order valence-corrected chi connectivity index (χ1v) is 14.0. The molecule has 0 aliphatic carbocycles. The van der Waals surface area contributed by atoms with Crippen molar-refractivity contribution >= 4 is 46.2 Å². The number of halogens is 1. The fourth-order valence-corrected chi connectivity index (χ4v) is 5.04. The van der Waals surface area contributed by atoms with Crippen molar-refractivity contribution in [2.75, 3.05) is 25.4 Å². The Kier molecular flexibility index (Phi) is 10.8. The molecule has 0 unspecified atom stereocenters. The number of benzene rings is 1. The second-order valence-corrected chi connectivity index (χ2v) is 9.44. The maximum atomic E-state index is 13.3. The minimum Gasteiger partial charge on any atom is -0.382 e. The highest BCUT2D eigenvalue weighted by molar-refractivity contribution is 6.29. The molecule has 4 rings (SSSR count). The van der Waals surface area contributed by atoms with Crippen LogP contribution in [0.5, 0.6) is 0 Å². The predicted octanol–water partition coefficient (Wildman–Crippen LogP) is 1.63. The van der Waals surface area contributed by atoms with E-state index in [1.807, 2.05) is 50.8 Å². The Morgan fingerprint density at radius 2 is 1.88 bits per heavy atom. The first-order valence-electron chi connectivity index (χ1n) is 13.7. The van der Waals surface area contributed by atoms with Crippen molar-refractivity contribution in [2.45, 2.75) is 66.2 Å². The number of nitrogens with one attached hydrogen (secondary N) is 2. The first-order chi connectivity index (χ1) is 19.3. The van der Waals surface area contributed by atoms with Crippen LogP contribution >= 0.6 is 11.6 Å². The molecule has 3 amide bonds. The molecule has 13 heteroatoms. The number of fused-ring (bicyclic) bond motifs is 1. The topological polar surface area (TPSA) is 165 Å². The number of likely N-dealkylation sites (tertiary alicyclic amines) is 1. The van der Waals surface area contributed by atoms with Crippen LogP contribution < -0.4 is 26.7 Å². The van der Waals surface area contributed by atoms with Crippen LogP contribution in [0.4, 0.5) is 5.82 Å². The minimum absolute atomic E-state index is 0.000233. The molecule has 1 fully saturated rings. The summed E-state index contributed by atoms with van der Waals surface area (Å²) in [7, 11) is 0. The van der Waals surface area contributed by atoms with Gasteiger partial charge >= 0.3 is 0 Å². The Labute approximate surface area is 239 Å². The van der Waals surface area contributed by atoms with E-state index in [0.717, 1.165) is 16.9 Å². The largest absolute Gasteiger partial charge is 0.382 e. The molecule has 6 N–H and O–H groups in total. The minimum atomic E-state index is -0.477. The molecule has 1 saturated heterocycles. The van der Waals surface area contributed by atoms with Gasteiger partial charge in [0.1, 0.15) is 11.7 Å². The fourth-order valence-electron chi connectivity index (χ4n) is 4.90. The summed E-state index contributed by atoms with van der Waals surface area (Å²) >= 11 is 5.89.